The molecule has 1 aliphatic rings. The van der Waals surface area contributed by atoms with Crippen molar-refractivity contribution in [3.05, 3.63) is 0 Å². The summed E-state index contributed by atoms with van der Waals surface area (Å²) in [5, 5.41) is 9.25. The zero-order valence-electron chi connectivity index (χ0n) is 10.5. The molecule has 16 heavy (non-hydrogen) atoms. The van der Waals surface area contributed by atoms with Crippen LogP contribution in [0.15, 0.2) is 0 Å². The Hall–Kier alpha value is -0.860. The number of carboxylic acids is 1. The maximum absolute atomic E-state index is 11.9. The minimum atomic E-state index is -0.784. The van der Waals surface area contributed by atoms with Crippen LogP contribution in [0.2, 0.25) is 0 Å². The summed E-state index contributed by atoms with van der Waals surface area (Å²) in [6.07, 6.45) is 4.37. The molecule has 3 nitrogen and oxygen atoms in total. The SMILES string of the molecule is CCC(=O)[C@@H]1CCCC[C@H]1C(C)(C)C(=O)O. The third kappa shape index (κ3) is 2.45. The van der Waals surface area contributed by atoms with Crippen LogP contribution < -0.4 is 0 Å². The number of carbonyl (C=O) groups is 2. The number of ketones is 1. The van der Waals surface area contributed by atoms with Gasteiger partial charge in [0.15, 0.2) is 0 Å². The first-order chi connectivity index (χ1) is 7.41. The van der Waals surface area contributed by atoms with Gasteiger partial charge in [-0.05, 0) is 32.6 Å². The molecule has 1 rings (SSSR count). The van der Waals surface area contributed by atoms with Crippen LogP contribution in [0.1, 0.15) is 52.9 Å². The summed E-state index contributed by atoms with van der Waals surface area (Å²) in [4.78, 5) is 23.1. The van der Waals surface area contributed by atoms with Crippen molar-refractivity contribution in [1.29, 1.82) is 0 Å². The van der Waals surface area contributed by atoms with Crippen LogP contribution in [0.4, 0.5) is 0 Å². The number of carbonyl (C=O) groups excluding carboxylic acids is 1. The lowest BCUT2D eigenvalue weighted by Crippen LogP contribution is -2.41. The lowest BCUT2D eigenvalue weighted by molar-refractivity contribution is -0.153. The van der Waals surface area contributed by atoms with Crippen molar-refractivity contribution in [1.82, 2.24) is 0 Å². The van der Waals surface area contributed by atoms with E-state index in [9.17, 15) is 14.7 Å². The monoisotopic (exact) mass is 226 g/mol. The van der Waals surface area contributed by atoms with Gasteiger partial charge in [-0.1, -0.05) is 19.8 Å². The van der Waals surface area contributed by atoms with E-state index in [2.05, 4.69) is 0 Å². The molecule has 3 heteroatoms. The zero-order chi connectivity index (χ0) is 12.3. The van der Waals surface area contributed by atoms with E-state index in [0.29, 0.717) is 6.42 Å². The number of Topliss-reactive ketones (excluding diaryl/α,β-unsaturated/α-hetero) is 1. The number of carboxylic acid groups (broad SMARTS) is 1. The highest BCUT2D eigenvalue weighted by Crippen LogP contribution is 2.43. The Morgan fingerprint density at radius 2 is 1.81 bits per heavy atom. The van der Waals surface area contributed by atoms with Gasteiger partial charge in [-0.3, -0.25) is 9.59 Å². The summed E-state index contributed by atoms with van der Waals surface area (Å²) in [6, 6.07) is 0. The highest BCUT2D eigenvalue weighted by atomic mass is 16.4. The van der Waals surface area contributed by atoms with Gasteiger partial charge in [0, 0.05) is 12.3 Å². The third-order valence-electron chi connectivity index (χ3n) is 4.01. The van der Waals surface area contributed by atoms with E-state index in [1.165, 1.54) is 0 Å². The summed E-state index contributed by atoms with van der Waals surface area (Å²) in [6.45, 7) is 5.37. The highest BCUT2D eigenvalue weighted by Gasteiger charge is 2.44. The molecule has 1 fully saturated rings. The van der Waals surface area contributed by atoms with E-state index in [-0.39, 0.29) is 17.6 Å². The zero-order valence-corrected chi connectivity index (χ0v) is 10.5. The average Bonchev–Trinajstić information content (AvgIpc) is 2.27. The van der Waals surface area contributed by atoms with E-state index in [1.807, 2.05) is 6.92 Å². The van der Waals surface area contributed by atoms with Gasteiger partial charge in [0.1, 0.15) is 5.78 Å². The number of hydrogen-bond donors (Lipinski definition) is 1. The summed E-state index contributed by atoms with van der Waals surface area (Å²) < 4.78 is 0. The van der Waals surface area contributed by atoms with Gasteiger partial charge in [0.2, 0.25) is 0 Å². The Kier molecular flexibility index (Phi) is 4.11. The third-order valence-corrected chi connectivity index (χ3v) is 4.01. The molecular formula is C13H22O3. The predicted octanol–water partition coefficient (Wildman–Crippen LogP) is 2.88. The van der Waals surface area contributed by atoms with E-state index in [4.69, 9.17) is 0 Å². The Labute approximate surface area is 97.2 Å². The lowest BCUT2D eigenvalue weighted by atomic mass is 9.64. The molecule has 0 aromatic heterocycles. The van der Waals surface area contributed by atoms with Crippen molar-refractivity contribution in [2.24, 2.45) is 17.3 Å². The van der Waals surface area contributed by atoms with E-state index in [1.54, 1.807) is 13.8 Å². The average molecular weight is 226 g/mol. The van der Waals surface area contributed by atoms with Gasteiger partial charge < -0.3 is 5.11 Å². The standard InChI is InChI=1S/C13H22O3/c1-4-11(14)9-7-5-6-8-10(9)13(2,3)12(15)16/h9-10H,4-8H2,1-3H3,(H,15,16)/t9-,10-/m1/s1. The topological polar surface area (TPSA) is 54.4 Å². The van der Waals surface area contributed by atoms with Crippen molar-refractivity contribution in [2.75, 3.05) is 0 Å². The van der Waals surface area contributed by atoms with Crippen LogP contribution in [0.5, 0.6) is 0 Å². The fraction of sp³-hybridized carbons (Fsp3) is 0.846. The lowest BCUT2D eigenvalue weighted by Gasteiger charge is -2.39. The van der Waals surface area contributed by atoms with Crippen molar-refractivity contribution < 1.29 is 14.7 Å². The Bertz CT molecular complexity index is 281. The molecule has 0 spiro atoms. The first kappa shape index (κ1) is 13.2. The molecule has 0 aromatic carbocycles. The fourth-order valence-electron chi connectivity index (χ4n) is 2.80. The smallest absolute Gasteiger partial charge is 0.309 e. The molecular weight excluding hydrogens is 204 g/mol. The Balaban J connectivity index is 2.90. The van der Waals surface area contributed by atoms with Crippen LogP contribution in [0, 0.1) is 17.3 Å². The van der Waals surface area contributed by atoms with Gasteiger partial charge in [0.05, 0.1) is 5.41 Å². The Morgan fingerprint density at radius 1 is 1.25 bits per heavy atom. The minimum Gasteiger partial charge on any atom is -0.481 e. The fourth-order valence-corrected chi connectivity index (χ4v) is 2.80. The van der Waals surface area contributed by atoms with Gasteiger partial charge in [0.25, 0.3) is 0 Å². The molecule has 0 aromatic rings. The highest BCUT2D eigenvalue weighted by molar-refractivity contribution is 5.83. The van der Waals surface area contributed by atoms with Crippen LogP contribution in [-0.4, -0.2) is 16.9 Å². The van der Waals surface area contributed by atoms with Gasteiger partial charge in [-0.25, -0.2) is 0 Å². The van der Waals surface area contributed by atoms with E-state index < -0.39 is 11.4 Å². The van der Waals surface area contributed by atoms with E-state index >= 15 is 0 Å². The quantitative estimate of drug-likeness (QED) is 0.802. The molecule has 0 bridgehead atoms. The molecule has 1 aliphatic carbocycles. The van der Waals surface area contributed by atoms with Gasteiger partial charge >= 0.3 is 5.97 Å². The van der Waals surface area contributed by atoms with Gasteiger partial charge in [-0.15, -0.1) is 0 Å². The predicted molar refractivity (Wildman–Crippen MR) is 62.2 cm³/mol. The van der Waals surface area contributed by atoms with Crippen LogP contribution in [-0.2, 0) is 9.59 Å². The molecule has 1 N–H and O–H groups in total. The number of rotatable bonds is 4. The van der Waals surface area contributed by atoms with Crippen molar-refractivity contribution in [3.63, 3.8) is 0 Å². The van der Waals surface area contributed by atoms with Gasteiger partial charge in [-0.2, -0.15) is 0 Å². The second kappa shape index (κ2) is 4.98. The molecule has 0 unspecified atom stereocenters. The molecule has 1 saturated carbocycles. The summed E-state index contributed by atoms with van der Waals surface area (Å²) in [5.41, 5.74) is -0.782. The molecule has 0 aliphatic heterocycles. The van der Waals surface area contributed by atoms with Crippen molar-refractivity contribution >= 4 is 11.8 Å². The van der Waals surface area contributed by atoms with Crippen LogP contribution in [0.3, 0.4) is 0 Å². The van der Waals surface area contributed by atoms with Crippen LogP contribution in [0.25, 0.3) is 0 Å². The molecule has 0 saturated heterocycles. The second-order valence-corrected chi connectivity index (χ2v) is 5.34. The second-order valence-electron chi connectivity index (χ2n) is 5.34. The largest absolute Gasteiger partial charge is 0.481 e. The first-order valence-corrected chi connectivity index (χ1v) is 6.17. The normalized spacial score (nSPS) is 26.4. The number of aliphatic carboxylic acids is 1. The molecule has 0 heterocycles. The first-order valence-electron chi connectivity index (χ1n) is 6.17. The number of hydrogen-bond acceptors (Lipinski definition) is 2. The molecule has 92 valence electrons. The van der Waals surface area contributed by atoms with Crippen molar-refractivity contribution in [3.8, 4) is 0 Å². The van der Waals surface area contributed by atoms with E-state index in [0.717, 1.165) is 25.7 Å². The maximum Gasteiger partial charge on any atom is 0.309 e. The van der Waals surface area contributed by atoms with Crippen LogP contribution >= 0.6 is 0 Å². The van der Waals surface area contributed by atoms with Crippen molar-refractivity contribution in [2.45, 2.75) is 52.9 Å². The summed E-state index contributed by atoms with van der Waals surface area (Å²) >= 11 is 0. The minimum absolute atomic E-state index is 0.00574. The summed E-state index contributed by atoms with van der Waals surface area (Å²) in [5.74, 6) is -0.580. The molecule has 2 atom stereocenters. The molecule has 0 radical (unpaired) electrons. The molecule has 0 amide bonds. The Morgan fingerprint density at radius 3 is 2.31 bits per heavy atom. The maximum atomic E-state index is 11.9. The summed E-state index contributed by atoms with van der Waals surface area (Å²) in [7, 11) is 0.